The monoisotopic (exact) mass is 481 g/mol. The Hall–Kier alpha value is -4.30. The predicted octanol–water partition coefficient (Wildman–Crippen LogP) is 3.63. The van der Waals surface area contributed by atoms with Crippen LogP contribution >= 0.6 is 0 Å². The van der Waals surface area contributed by atoms with E-state index < -0.39 is 11.6 Å². The van der Waals surface area contributed by atoms with Gasteiger partial charge in [-0.15, -0.1) is 0 Å². The molecule has 2 aromatic carbocycles. The van der Waals surface area contributed by atoms with E-state index >= 15 is 0 Å². The minimum absolute atomic E-state index is 0.106. The second-order valence-electron chi connectivity index (χ2n) is 9.01. The van der Waals surface area contributed by atoms with Crippen molar-refractivity contribution in [1.29, 1.82) is 0 Å². The first kappa shape index (κ1) is 22.2. The predicted molar refractivity (Wildman–Crippen MR) is 133 cm³/mol. The highest BCUT2D eigenvalue weighted by molar-refractivity contribution is 5.99. The van der Waals surface area contributed by atoms with E-state index in [2.05, 4.69) is 5.16 Å². The van der Waals surface area contributed by atoms with Crippen LogP contribution in [0.2, 0.25) is 0 Å². The van der Waals surface area contributed by atoms with Crippen LogP contribution < -0.4 is 5.56 Å². The topological polar surface area (TPSA) is 103 Å². The summed E-state index contributed by atoms with van der Waals surface area (Å²) in [7, 11) is 0. The maximum Gasteiger partial charge on any atom is 0.343 e. The lowest BCUT2D eigenvalue weighted by Crippen LogP contribution is -2.44. The molecule has 6 rings (SSSR count). The molecule has 8 heteroatoms. The van der Waals surface area contributed by atoms with Gasteiger partial charge in [0.05, 0.1) is 35.2 Å². The van der Waals surface area contributed by atoms with E-state index in [-0.39, 0.29) is 18.6 Å². The molecule has 2 aromatic heterocycles. The zero-order valence-electron chi connectivity index (χ0n) is 19.6. The molecule has 0 radical (unpaired) electrons. The number of rotatable bonds is 5. The maximum absolute atomic E-state index is 13.3. The van der Waals surface area contributed by atoms with E-state index in [9.17, 15) is 14.7 Å². The highest BCUT2D eigenvalue weighted by Gasteiger charge is 2.45. The number of nitrogens with zero attached hydrogens (tertiary/aromatic N) is 3. The number of hydrogen-bond acceptors (Lipinski definition) is 7. The van der Waals surface area contributed by atoms with Gasteiger partial charge in [-0.25, -0.2) is 9.78 Å². The number of pyridine rings is 2. The highest BCUT2D eigenvalue weighted by Crippen LogP contribution is 2.38. The molecule has 1 N–H and O–H groups in total. The molecule has 4 aromatic rings. The number of aliphatic hydroxyl groups is 1. The zero-order chi connectivity index (χ0) is 24.9. The van der Waals surface area contributed by atoms with Gasteiger partial charge in [0.1, 0.15) is 13.2 Å². The molecule has 0 unspecified atom stereocenters. The van der Waals surface area contributed by atoms with Crippen molar-refractivity contribution in [3.63, 3.8) is 0 Å². The molecule has 36 heavy (non-hydrogen) atoms. The van der Waals surface area contributed by atoms with Crippen molar-refractivity contribution in [2.45, 2.75) is 38.7 Å². The molecule has 180 valence electrons. The van der Waals surface area contributed by atoms with Gasteiger partial charge in [-0.1, -0.05) is 54.5 Å². The fourth-order valence-corrected chi connectivity index (χ4v) is 4.92. The standard InChI is InChI=1S/C28H23N3O5/c1-2-28(34)22-12-24-25-19(14-31(24)26(32)21(22)16-35-27(28)33)11-20-18(9-6-10-23(20)30-25)13-29-36-15-17-7-4-3-5-8-17/h3-13,34H,2,14-16H2,1H3/b29-13-/t28-/m0/s1. The summed E-state index contributed by atoms with van der Waals surface area (Å²) in [5, 5.41) is 16.0. The summed E-state index contributed by atoms with van der Waals surface area (Å²) in [6.45, 7) is 2.25. The van der Waals surface area contributed by atoms with Gasteiger partial charge >= 0.3 is 5.97 Å². The van der Waals surface area contributed by atoms with Gasteiger partial charge < -0.3 is 19.2 Å². The van der Waals surface area contributed by atoms with Crippen LogP contribution in [0, 0.1) is 0 Å². The van der Waals surface area contributed by atoms with E-state index in [1.165, 1.54) is 0 Å². The van der Waals surface area contributed by atoms with Gasteiger partial charge in [0.2, 0.25) is 0 Å². The zero-order valence-corrected chi connectivity index (χ0v) is 19.6. The number of benzene rings is 2. The lowest BCUT2D eigenvalue weighted by molar-refractivity contribution is -0.172. The Balaban J connectivity index is 1.38. The summed E-state index contributed by atoms with van der Waals surface area (Å²) in [4.78, 5) is 36.0. The Morgan fingerprint density at radius 3 is 2.81 bits per heavy atom. The van der Waals surface area contributed by atoms with Crippen molar-refractivity contribution in [3.05, 3.63) is 98.8 Å². The van der Waals surface area contributed by atoms with Gasteiger partial charge in [0, 0.05) is 22.1 Å². The molecule has 0 fully saturated rings. The third kappa shape index (κ3) is 3.41. The summed E-state index contributed by atoms with van der Waals surface area (Å²) < 4.78 is 6.76. The smallest absolute Gasteiger partial charge is 0.343 e. The van der Waals surface area contributed by atoms with E-state index in [1.807, 2.05) is 54.6 Å². The number of carbonyl (C=O) groups excluding carboxylic acids is 1. The Morgan fingerprint density at radius 2 is 2.00 bits per heavy atom. The minimum atomic E-state index is -1.84. The molecule has 0 amide bonds. The SMILES string of the molecule is CC[C@@]1(O)C(=O)OCc2c1cc1n(c2=O)Cc2cc3c(/C=N\OCc4ccccc4)cccc3nc2-1. The lowest BCUT2D eigenvalue weighted by Gasteiger charge is -2.31. The molecule has 0 saturated heterocycles. The maximum atomic E-state index is 13.3. The third-order valence-corrected chi connectivity index (χ3v) is 6.93. The molecule has 0 bridgehead atoms. The van der Waals surface area contributed by atoms with E-state index in [1.54, 1.807) is 23.8 Å². The summed E-state index contributed by atoms with van der Waals surface area (Å²) in [6.07, 6.45) is 1.77. The van der Waals surface area contributed by atoms with Crippen molar-refractivity contribution in [2.24, 2.45) is 5.16 Å². The van der Waals surface area contributed by atoms with Crippen LogP contribution in [0.4, 0.5) is 0 Å². The molecule has 2 aliphatic heterocycles. The first-order valence-electron chi connectivity index (χ1n) is 11.8. The number of cyclic esters (lactones) is 1. The van der Waals surface area contributed by atoms with Gasteiger partial charge in [0.15, 0.2) is 5.60 Å². The van der Waals surface area contributed by atoms with Crippen LogP contribution in [0.25, 0.3) is 22.3 Å². The van der Waals surface area contributed by atoms with Crippen LogP contribution in [-0.2, 0) is 39.7 Å². The first-order valence-corrected chi connectivity index (χ1v) is 11.8. The van der Waals surface area contributed by atoms with Crippen molar-refractivity contribution in [3.8, 4) is 11.4 Å². The van der Waals surface area contributed by atoms with E-state index in [0.29, 0.717) is 35.7 Å². The molecule has 4 heterocycles. The fraction of sp³-hybridized carbons (Fsp3) is 0.214. The number of fused-ring (bicyclic) bond motifs is 5. The Bertz CT molecular complexity index is 1610. The highest BCUT2D eigenvalue weighted by atomic mass is 16.6. The summed E-state index contributed by atoms with van der Waals surface area (Å²) in [6, 6.07) is 19.2. The average Bonchev–Trinajstić information content (AvgIpc) is 3.26. The average molecular weight is 482 g/mol. The second kappa shape index (κ2) is 8.42. The molecule has 0 spiro atoms. The van der Waals surface area contributed by atoms with Crippen LogP contribution in [-0.4, -0.2) is 26.8 Å². The summed E-state index contributed by atoms with van der Waals surface area (Å²) >= 11 is 0. The first-order chi connectivity index (χ1) is 17.5. The summed E-state index contributed by atoms with van der Waals surface area (Å²) in [5.74, 6) is -0.732. The van der Waals surface area contributed by atoms with E-state index in [4.69, 9.17) is 14.6 Å². The number of esters is 1. The minimum Gasteiger partial charge on any atom is -0.458 e. The van der Waals surface area contributed by atoms with Gasteiger partial charge in [-0.3, -0.25) is 4.79 Å². The number of oxime groups is 1. The number of hydrogen-bond donors (Lipinski definition) is 1. The fourth-order valence-electron chi connectivity index (χ4n) is 4.92. The van der Waals surface area contributed by atoms with Crippen LogP contribution in [0.1, 0.15) is 41.2 Å². The molecular formula is C28H23N3O5. The molecule has 0 aliphatic carbocycles. The molecule has 1 atom stereocenters. The number of ether oxygens (including phenoxy) is 1. The van der Waals surface area contributed by atoms with Crippen molar-refractivity contribution >= 4 is 23.1 Å². The van der Waals surface area contributed by atoms with Crippen molar-refractivity contribution < 1.29 is 19.5 Å². The van der Waals surface area contributed by atoms with Gasteiger partial charge in [-0.2, -0.15) is 0 Å². The Morgan fingerprint density at radius 1 is 1.17 bits per heavy atom. The van der Waals surface area contributed by atoms with Crippen molar-refractivity contribution in [1.82, 2.24) is 9.55 Å². The van der Waals surface area contributed by atoms with Crippen LogP contribution in [0.3, 0.4) is 0 Å². The Labute approximate surface area is 206 Å². The quantitative estimate of drug-likeness (QED) is 0.234. The molecule has 2 aliphatic rings. The van der Waals surface area contributed by atoms with Gasteiger partial charge in [0.25, 0.3) is 5.56 Å². The normalized spacial score (nSPS) is 18.1. The summed E-state index contributed by atoms with van der Waals surface area (Å²) in [5.41, 5.74) is 3.23. The van der Waals surface area contributed by atoms with Crippen LogP contribution in [0.5, 0.6) is 0 Å². The third-order valence-electron chi connectivity index (χ3n) is 6.93. The lowest BCUT2D eigenvalue weighted by atomic mass is 9.86. The molecular weight excluding hydrogens is 458 g/mol. The Kier molecular flexibility index (Phi) is 5.19. The largest absolute Gasteiger partial charge is 0.458 e. The van der Waals surface area contributed by atoms with E-state index in [0.717, 1.165) is 27.6 Å². The van der Waals surface area contributed by atoms with Crippen molar-refractivity contribution in [2.75, 3.05) is 0 Å². The molecule has 8 nitrogen and oxygen atoms in total. The second-order valence-corrected chi connectivity index (χ2v) is 9.01. The van der Waals surface area contributed by atoms with Crippen LogP contribution in [0.15, 0.2) is 70.6 Å². The number of carbonyl (C=O) groups is 1. The number of aromatic nitrogens is 2. The van der Waals surface area contributed by atoms with Gasteiger partial charge in [-0.05, 0) is 30.2 Å². The molecule has 0 saturated carbocycles.